The van der Waals surface area contributed by atoms with Crippen LogP contribution >= 0.6 is 11.6 Å². The number of amides is 1. The first-order valence-corrected chi connectivity index (χ1v) is 8.25. The van der Waals surface area contributed by atoms with Crippen LogP contribution in [0.4, 0.5) is 17.2 Å². The molecule has 0 saturated carbocycles. The zero-order valence-corrected chi connectivity index (χ0v) is 15.0. The number of carbonyl (C=O) groups excluding carboxylic acids is 1. The highest BCUT2D eigenvalue weighted by atomic mass is 35.5. The Morgan fingerprint density at radius 3 is 2.50 bits per heavy atom. The van der Waals surface area contributed by atoms with Gasteiger partial charge in [-0.25, -0.2) is 9.97 Å². The van der Waals surface area contributed by atoms with Gasteiger partial charge in [-0.2, -0.15) is 0 Å². The highest BCUT2D eigenvalue weighted by Crippen LogP contribution is 2.28. The van der Waals surface area contributed by atoms with E-state index in [9.17, 15) is 4.79 Å². The number of aryl methyl sites for hydroxylation is 1. The first-order chi connectivity index (χ1) is 12.5. The number of methoxy groups -OCH3 is 1. The van der Waals surface area contributed by atoms with Crippen molar-refractivity contribution < 1.29 is 9.53 Å². The van der Waals surface area contributed by atoms with Gasteiger partial charge in [-0.05, 0) is 37.3 Å². The van der Waals surface area contributed by atoms with Crippen LogP contribution in [0.25, 0.3) is 0 Å². The largest absolute Gasteiger partial charge is 0.495 e. The molecule has 2 aromatic carbocycles. The van der Waals surface area contributed by atoms with Crippen molar-refractivity contribution >= 4 is 34.7 Å². The number of rotatable bonds is 5. The number of aromatic nitrogens is 2. The maximum Gasteiger partial charge on any atom is 0.274 e. The fraction of sp³-hybridized carbons (Fsp3) is 0.105. The van der Waals surface area contributed by atoms with Gasteiger partial charge in [0.05, 0.1) is 12.1 Å². The van der Waals surface area contributed by atoms with E-state index in [1.54, 1.807) is 32.2 Å². The second-order valence-corrected chi connectivity index (χ2v) is 5.89. The fourth-order valence-electron chi connectivity index (χ4n) is 2.36. The Kier molecular flexibility index (Phi) is 5.34. The number of ether oxygens (including phenoxy) is 1. The molecule has 0 radical (unpaired) electrons. The molecule has 3 rings (SSSR count). The number of hydrogen-bond donors (Lipinski definition) is 2. The monoisotopic (exact) mass is 368 g/mol. The van der Waals surface area contributed by atoms with E-state index >= 15 is 0 Å². The maximum absolute atomic E-state index is 12.4. The minimum Gasteiger partial charge on any atom is -0.495 e. The summed E-state index contributed by atoms with van der Waals surface area (Å²) >= 11 is 6.14. The van der Waals surface area contributed by atoms with Crippen molar-refractivity contribution in [1.82, 2.24) is 9.97 Å². The molecule has 6 nitrogen and oxygen atoms in total. The molecule has 0 bridgehead atoms. The third kappa shape index (κ3) is 4.29. The molecular formula is C19H17ClN4O2. The lowest BCUT2D eigenvalue weighted by molar-refractivity contribution is 0.102. The standard InChI is InChI=1S/C19H17ClN4O2/c1-12-21-16(19(25)24-13-6-4-3-5-7-13)11-18(22-12)23-14-8-9-17(26-2)15(20)10-14/h3-11H,1-2H3,(H,24,25)(H,21,22,23). The molecule has 26 heavy (non-hydrogen) atoms. The van der Waals surface area contributed by atoms with E-state index in [-0.39, 0.29) is 11.6 Å². The predicted molar refractivity (Wildman–Crippen MR) is 102 cm³/mol. The van der Waals surface area contributed by atoms with Crippen LogP contribution in [0.1, 0.15) is 16.3 Å². The number of anilines is 3. The topological polar surface area (TPSA) is 76.1 Å². The van der Waals surface area contributed by atoms with Crippen LogP contribution in [-0.4, -0.2) is 23.0 Å². The van der Waals surface area contributed by atoms with Crippen LogP contribution in [0.15, 0.2) is 54.6 Å². The quantitative estimate of drug-likeness (QED) is 0.696. The van der Waals surface area contributed by atoms with Gasteiger partial charge in [0.25, 0.3) is 5.91 Å². The van der Waals surface area contributed by atoms with Crippen LogP contribution in [0.2, 0.25) is 5.02 Å². The molecule has 0 fully saturated rings. The lowest BCUT2D eigenvalue weighted by Crippen LogP contribution is -2.15. The van der Waals surface area contributed by atoms with Gasteiger partial charge in [0.2, 0.25) is 0 Å². The zero-order valence-electron chi connectivity index (χ0n) is 14.3. The van der Waals surface area contributed by atoms with Crippen LogP contribution in [-0.2, 0) is 0 Å². The van der Waals surface area contributed by atoms with Crippen molar-refractivity contribution in [2.24, 2.45) is 0 Å². The van der Waals surface area contributed by atoms with Crippen molar-refractivity contribution in [2.45, 2.75) is 6.92 Å². The van der Waals surface area contributed by atoms with Gasteiger partial charge in [0.15, 0.2) is 0 Å². The molecule has 0 saturated heterocycles. The summed E-state index contributed by atoms with van der Waals surface area (Å²) in [6.07, 6.45) is 0. The number of benzene rings is 2. The Balaban J connectivity index is 1.81. The molecule has 1 amide bonds. The summed E-state index contributed by atoms with van der Waals surface area (Å²) in [5.41, 5.74) is 1.69. The van der Waals surface area contributed by atoms with E-state index in [1.165, 1.54) is 0 Å². The van der Waals surface area contributed by atoms with Crippen LogP contribution in [0.5, 0.6) is 5.75 Å². The first-order valence-electron chi connectivity index (χ1n) is 7.88. The van der Waals surface area contributed by atoms with Crippen molar-refractivity contribution in [1.29, 1.82) is 0 Å². The number of hydrogen-bond acceptors (Lipinski definition) is 5. The number of nitrogens with one attached hydrogen (secondary N) is 2. The Labute approximate surface area is 156 Å². The number of nitrogens with zero attached hydrogens (tertiary/aromatic N) is 2. The number of carbonyl (C=O) groups is 1. The van der Waals surface area contributed by atoms with Gasteiger partial charge in [0.1, 0.15) is 23.1 Å². The summed E-state index contributed by atoms with van der Waals surface area (Å²) < 4.78 is 5.14. The second-order valence-electron chi connectivity index (χ2n) is 5.48. The molecule has 0 aliphatic carbocycles. The van der Waals surface area contributed by atoms with Gasteiger partial charge in [-0.15, -0.1) is 0 Å². The molecule has 0 aliphatic rings. The molecule has 0 atom stereocenters. The Hall–Kier alpha value is -3.12. The van der Waals surface area contributed by atoms with Crippen molar-refractivity contribution in [3.8, 4) is 5.75 Å². The van der Waals surface area contributed by atoms with E-state index in [2.05, 4.69) is 20.6 Å². The lowest BCUT2D eigenvalue weighted by Gasteiger charge is -2.10. The van der Waals surface area contributed by atoms with E-state index in [1.807, 2.05) is 36.4 Å². The van der Waals surface area contributed by atoms with Gasteiger partial charge in [-0.3, -0.25) is 4.79 Å². The number of para-hydroxylation sites is 1. The average molecular weight is 369 g/mol. The summed E-state index contributed by atoms with van der Waals surface area (Å²) in [7, 11) is 1.56. The van der Waals surface area contributed by atoms with Crippen LogP contribution < -0.4 is 15.4 Å². The van der Waals surface area contributed by atoms with Crippen molar-refractivity contribution in [2.75, 3.05) is 17.7 Å². The highest BCUT2D eigenvalue weighted by Gasteiger charge is 2.11. The van der Waals surface area contributed by atoms with Crippen molar-refractivity contribution in [3.63, 3.8) is 0 Å². The van der Waals surface area contributed by atoms with E-state index < -0.39 is 0 Å². The third-order valence-corrected chi connectivity index (χ3v) is 3.82. The second kappa shape index (κ2) is 7.84. The molecule has 0 aliphatic heterocycles. The minimum atomic E-state index is -0.308. The van der Waals surface area contributed by atoms with E-state index in [0.717, 1.165) is 5.69 Å². The first kappa shape index (κ1) is 17.7. The summed E-state index contributed by atoms with van der Waals surface area (Å²) in [6.45, 7) is 1.73. The molecule has 0 spiro atoms. The average Bonchev–Trinajstić information content (AvgIpc) is 2.62. The molecule has 7 heteroatoms. The lowest BCUT2D eigenvalue weighted by atomic mass is 10.2. The minimum absolute atomic E-state index is 0.267. The Bertz CT molecular complexity index is 932. The maximum atomic E-state index is 12.4. The zero-order chi connectivity index (χ0) is 18.5. The molecule has 3 aromatic rings. The summed E-state index contributed by atoms with van der Waals surface area (Å²) in [6, 6.07) is 16.1. The van der Waals surface area contributed by atoms with Gasteiger partial charge in [-0.1, -0.05) is 29.8 Å². The number of halogens is 1. The SMILES string of the molecule is COc1ccc(Nc2cc(C(=O)Nc3ccccc3)nc(C)n2)cc1Cl. The Morgan fingerprint density at radius 1 is 1.04 bits per heavy atom. The molecule has 1 heterocycles. The van der Waals surface area contributed by atoms with E-state index in [4.69, 9.17) is 16.3 Å². The summed E-state index contributed by atoms with van der Waals surface area (Å²) in [5, 5.41) is 6.41. The van der Waals surface area contributed by atoms with Crippen molar-refractivity contribution in [3.05, 3.63) is 71.1 Å². The van der Waals surface area contributed by atoms with Crippen LogP contribution in [0, 0.1) is 6.92 Å². The smallest absolute Gasteiger partial charge is 0.274 e. The van der Waals surface area contributed by atoms with Gasteiger partial charge < -0.3 is 15.4 Å². The molecule has 1 aromatic heterocycles. The molecule has 132 valence electrons. The van der Waals surface area contributed by atoms with Gasteiger partial charge >= 0.3 is 0 Å². The molecular weight excluding hydrogens is 352 g/mol. The molecule has 2 N–H and O–H groups in total. The van der Waals surface area contributed by atoms with E-state index in [0.29, 0.717) is 28.1 Å². The van der Waals surface area contributed by atoms with Gasteiger partial charge in [0, 0.05) is 17.4 Å². The highest BCUT2D eigenvalue weighted by molar-refractivity contribution is 6.32. The summed E-state index contributed by atoms with van der Waals surface area (Å²) in [5.74, 6) is 1.25. The van der Waals surface area contributed by atoms with Crippen LogP contribution in [0.3, 0.4) is 0 Å². The normalized spacial score (nSPS) is 10.3. The summed E-state index contributed by atoms with van der Waals surface area (Å²) in [4.78, 5) is 21.0. The molecule has 0 unspecified atom stereocenters. The predicted octanol–water partition coefficient (Wildman–Crippen LogP) is 4.44. The third-order valence-electron chi connectivity index (χ3n) is 3.53. The fourth-order valence-corrected chi connectivity index (χ4v) is 2.61. The Morgan fingerprint density at radius 2 is 1.81 bits per heavy atom.